The lowest BCUT2D eigenvalue weighted by atomic mass is 10.3. The van der Waals surface area contributed by atoms with Gasteiger partial charge in [-0.1, -0.05) is 0 Å². The Labute approximate surface area is 74.5 Å². The number of thioether (sulfide) groups is 1. The Kier molecular flexibility index (Phi) is 7.12. The average molecular weight is 176 g/mol. The molecule has 0 aromatic carbocycles. The van der Waals surface area contributed by atoms with Gasteiger partial charge in [-0.3, -0.25) is 0 Å². The molecule has 2 nitrogen and oxygen atoms in total. The van der Waals surface area contributed by atoms with E-state index in [1.54, 1.807) is 0 Å². The third-order valence-electron chi connectivity index (χ3n) is 1.88. The maximum absolute atomic E-state index is 5.42. The molecule has 0 aromatic heterocycles. The Hall–Kier alpha value is 0.270. The van der Waals surface area contributed by atoms with Gasteiger partial charge in [-0.25, -0.2) is 0 Å². The zero-order valence-corrected chi connectivity index (χ0v) is 8.66. The van der Waals surface area contributed by atoms with E-state index in [0.717, 1.165) is 19.5 Å². The fourth-order valence-corrected chi connectivity index (χ4v) is 1.67. The molecule has 2 N–H and O–H groups in total. The minimum atomic E-state index is 0.677. The van der Waals surface area contributed by atoms with Crippen molar-refractivity contribution < 1.29 is 0 Å². The molecule has 1 atom stereocenters. The zero-order chi connectivity index (χ0) is 8.69. The van der Waals surface area contributed by atoms with Crippen molar-refractivity contribution in [1.82, 2.24) is 4.90 Å². The van der Waals surface area contributed by atoms with Crippen LogP contribution in [-0.4, -0.2) is 43.1 Å². The molecule has 0 rings (SSSR count). The van der Waals surface area contributed by atoms with E-state index in [2.05, 4.69) is 25.1 Å². The van der Waals surface area contributed by atoms with E-state index in [-0.39, 0.29) is 0 Å². The molecule has 1 unspecified atom stereocenters. The molecule has 0 fully saturated rings. The van der Waals surface area contributed by atoms with Gasteiger partial charge in [-0.15, -0.1) is 0 Å². The zero-order valence-electron chi connectivity index (χ0n) is 7.84. The third kappa shape index (κ3) is 5.53. The van der Waals surface area contributed by atoms with Gasteiger partial charge in [-0.05, 0) is 39.7 Å². The molecule has 3 heteroatoms. The van der Waals surface area contributed by atoms with E-state index in [0.29, 0.717) is 6.04 Å². The number of hydrogen-bond acceptors (Lipinski definition) is 3. The molecule has 11 heavy (non-hydrogen) atoms. The van der Waals surface area contributed by atoms with Crippen molar-refractivity contribution in [1.29, 1.82) is 0 Å². The van der Waals surface area contributed by atoms with Crippen LogP contribution in [0.3, 0.4) is 0 Å². The lowest BCUT2D eigenvalue weighted by Crippen LogP contribution is -2.32. The van der Waals surface area contributed by atoms with E-state index < -0.39 is 0 Å². The molecule has 0 aliphatic carbocycles. The van der Waals surface area contributed by atoms with Gasteiger partial charge in [0.2, 0.25) is 0 Å². The Morgan fingerprint density at radius 2 is 2.18 bits per heavy atom. The Morgan fingerprint density at radius 1 is 1.55 bits per heavy atom. The number of rotatable bonds is 6. The summed E-state index contributed by atoms with van der Waals surface area (Å²) in [4.78, 5) is 2.36. The first kappa shape index (κ1) is 11.3. The molecule has 68 valence electrons. The van der Waals surface area contributed by atoms with Gasteiger partial charge < -0.3 is 10.6 Å². The van der Waals surface area contributed by atoms with Crippen LogP contribution in [0.2, 0.25) is 0 Å². The van der Waals surface area contributed by atoms with Crippen LogP contribution in [0.5, 0.6) is 0 Å². The van der Waals surface area contributed by atoms with Crippen LogP contribution in [0.25, 0.3) is 0 Å². The van der Waals surface area contributed by atoms with Gasteiger partial charge in [0.15, 0.2) is 0 Å². The van der Waals surface area contributed by atoms with Gasteiger partial charge in [0, 0.05) is 11.8 Å². The van der Waals surface area contributed by atoms with Crippen molar-refractivity contribution in [2.24, 2.45) is 5.73 Å². The van der Waals surface area contributed by atoms with Gasteiger partial charge in [-0.2, -0.15) is 11.8 Å². The van der Waals surface area contributed by atoms with Crippen LogP contribution in [0, 0.1) is 0 Å². The summed E-state index contributed by atoms with van der Waals surface area (Å²) in [5.74, 6) is 1.21. The number of hydrogen-bond donors (Lipinski definition) is 1. The van der Waals surface area contributed by atoms with E-state index in [4.69, 9.17) is 5.73 Å². The summed E-state index contributed by atoms with van der Waals surface area (Å²) in [5, 5.41) is 0. The summed E-state index contributed by atoms with van der Waals surface area (Å²) < 4.78 is 0. The maximum Gasteiger partial charge on any atom is 0.0154 e. The summed E-state index contributed by atoms with van der Waals surface area (Å²) in [6, 6.07) is 0.677. The van der Waals surface area contributed by atoms with E-state index in [1.165, 1.54) is 5.75 Å². The van der Waals surface area contributed by atoms with Crippen molar-refractivity contribution in [3.63, 3.8) is 0 Å². The number of nitrogens with zero attached hydrogens (tertiary/aromatic N) is 1. The summed E-state index contributed by atoms with van der Waals surface area (Å²) in [6.45, 7) is 4.18. The summed E-state index contributed by atoms with van der Waals surface area (Å²) >= 11 is 1.90. The first-order valence-electron chi connectivity index (χ1n) is 4.11. The minimum Gasteiger partial charge on any atom is -0.330 e. The smallest absolute Gasteiger partial charge is 0.0154 e. The third-order valence-corrected chi connectivity index (χ3v) is 2.69. The first-order valence-corrected chi connectivity index (χ1v) is 5.51. The van der Waals surface area contributed by atoms with Gasteiger partial charge in [0.25, 0.3) is 0 Å². The monoisotopic (exact) mass is 176 g/mol. The molecule has 0 heterocycles. The summed E-state index contributed by atoms with van der Waals surface area (Å²) in [6.07, 6.45) is 3.25. The van der Waals surface area contributed by atoms with Crippen molar-refractivity contribution in [3.05, 3.63) is 0 Å². The molecule has 0 radical (unpaired) electrons. The second-order valence-electron chi connectivity index (χ2n) is 2.93. The van der Waals surface area contributed by atoms with E-state index >= 15 is 0 Å². The first-order chi connectivity index (χ1) is 5.22. The summed E-state index contributed by atoms with van der Waals surface area (Å²) in [5.41, 5.74) is 5.42. The molecule has 0 saturated carbocycles. The maximum atomic E-state index is 5.42. The molecular weight excluding hydrogens is 156 g/mol. The van der Waals surface area contributed by atoms with Crippen LogP contribution < -0.4 is 5.73 Å². The Morgan fingerprint density at radius 3 is 2.64 bits per heavy atom. The fourth-order valence-electron chi connectivity index (χ4n) is 0.930. The summed E-state index contributed by atoms with van der Waals surface area (Å²) in [7, 11) is 2.16. The van der Waals surface area contributed by atoms with Gasteiger partial charge in [0.05, 0.1) is 0 Å². The molecule has 0 spiro atoms. The lowest BCUT2D eigenvalue weighted by Gasteiger charge is -2.23. The second kappa shape index (κ2) is 6.95. The lowest BCUT2D eigenvalue weighted by molar-refractivity contribution is 0.276. The largest absolute Gasteiger partial charge is 0.330 e. The molecule has 0 aliphatic rings. The van der Waals surface area contributed by atoms with Crippen LogP contribution in [0.15, 0.2) is 0 Å². The van der Waals surface area contributed by atoms with E-state index in [1.807, 2.05) is 11.8 Å². The molecule has 0 amide bonds. The molecular formula is C8H20N2S. The van der Waals surface area contributed by atoms with Crippen LogP contribution in [0.1, 0.15) is 13.3 Å². The minimum absolute atomic E-state index is 0.677. The van der Waals surface area contributed by atoms with E-state index in [9.17, 15) is 0 Å². The van der Waals surface area contributed by atoms with Crippen LogP contribution >= 0.6 is 11.8 Å². The van der Waals surface area contributed by atoms with Gasteiger partial charge >= 0.3 is 0 Å². The fraction of sp³-hybridized carbons (Fsp3) is 1.00. The highest BCUT2D eigenvalue weighted by Crippen LogP contribution is 2.03. The normalized spacial score (nSPS) is 13.9. The second-order valence-corrected chi connectivity index (χ2v) is 3.84. The molecule has 0 saturated heterocycles. The predicted molar refractivity (Wildman–Crippen MR) is 54.1 cm³/mol. The van der Waals surface area contributed by atoms with Crippen LogP contribution in [-0.2, 0) is 0 Å². The molecule has 0 bridgehead atoms. The highest BCUT2D eigenvalue weighted by molar-refractivity contribution is 7.98. The predicted octanol–water partition coefficient (Wildman–Crippen LogP) is 1.02. The average Bonchev–Trinajstić information content (AvgIpc) is 2.00. The topological polar surface area (TPSA) is 29.3 Å². The Bertz CT molecular complexity index is 88.2. The quantitative estimate of drug-likeness (QED) is 0.655. The molecule has 0 aromatic rings. The van der Waals surface area contributed by atoms with Crippen molar-refractivity contribution in [2.45, 2.75) is 19.4 Å². The van der Waals surface area contributed by atoms with Crippen LogP contribution in [0.4, 0.5) is 0 Å². The standard InChI is InChI=1S/C8H20N2S/c1-8(7-11-3)10(2)6-4-5-9/h8H,4-7,9H2,1-3H3. The number of nitrogens with two attached hydrogens (primary N) is 1. The van der Waals surface area contributed by atoms with Crippen molar-refractivity contribution >= 4 is 11.8 Å². The van der Waals surface area contributed by atoms with Gasteiger partial charge in [0.1, 0.15) is 0 Å². The highest BCUT2D eigenvalue weighted by Gasteiger charge is 2.06. The highest BCUT2D eigenvalue weighted by atomic mass is 32.2. The molecule has 0 aliphatic heterocycles. The van der Waals surface area contributed by atoms with Crippen molar-refractivity contribution in [3.8, 4) is 0 Å². The van der Waals surface area contributed by atoms with Crippen molar-refractivity contribution in [2.75, 3.05) is 32.1 Å². The SMILES string of the molecule is CSCC(C)N(C)CCCN. The Balaban J connectivity index is 3.38.